The summed E-state index contributed by atoms with van der Waals surface area (Å²) in [5.41, 5.74) is 0. The van der Waals surface area contributed by atoms with E-state index in [-0.39, 0.29) is 0 Å². The third kappa shape index (κ3) is 1.41. The first kappa shape index (κ1) is 8.28. The lowest BCUT2D eigenvalue weighted by atomic mass is 9.85. The number of nitrogens with zero attached hydrogens (tertiary/aromatic N) is 1. The molecule has 0 aromatic heterocycles. The molecule has 0 spiro atoms. The molecule has 3 unspecified atom stereocenters. The first-order valence-corrected chi connectivity index (χ1v) is 6.19. The van der Waals surface area contributed by atoms with Gasteiger partial charge in [0.25, 0.3) is 0 Å². The lowest BCUT2D eigenvalue weighted by Gasteiger charge is -2.40. The van der Waals surface area contributed by atoms with Gasteiger partial charge in [-0.1, -0.05) is 19.3 Å². The van der Waals surface area contributed by atoms with Gasteiger partial charge in [-0.3, -0.25) is 4.90 Å². The van der Waals surface area contributed by atoms with E-state index in [4.69, 9.17) is 0 Å². The second-order valence-electron chi connectivity index (χ2n) is 5.31. The average molecular weight is 179 g/mol. The van der Waals surface area contributed by atoms with E-state index in [1.807, 2.05) is 0 Å². The van der Waals surface area contributed by atoms with Crippen LogP contribution in [-0.4, -0.2) is 23.5 Å². The van der Waals surface area contributed by atoms with Crippen LogP contribution in [0.2, 0.25) is 0 Å². The molecular weight excluding hydrogens is 158 g/mol. The van der Waals surface area contributed by atoms with Crippen molar-refractivity contribution in [2.45, 2.75) is 63.5 Å². The van der Waals surface area contributed by atoms with Crippen molar-refractivity contribution in [1.29, 1.82) is 0 Å². The van der Waals surface area contributed by atoms with Crippen LogP contribution in [0.4, 0.5) is 0 Å². The van der Waals surface area contributed by atoms with Crippen LogP contribution in [0.3, 0.4) is 0 Å². The van der Waals surface area contributed by atoms with Crippen LogP contribution in [0.25, 0.3) is 0 Å². The summed E-state index contributed by atoms with van der Waals surface area (Å²) >= 11 is 0. The van der Waals surface area contributed by atoms with Crippen molar-refractivity contribution in [3.8, 4) is 0 Å². The molecule has 1 nitrogen and oxygen atoms in total. The highest BCUT2D eigenvalue weighted by Gasteiger charge is 2.38. The van der Waals surface area contributed by atoms with Crippen LogP contribution in [-0.2, 0) is 0 Å². The Morgan fingerprint density at radius 3 is 2.31 bits per heavy atom. The molecule has 13 heavy (non-hydrogen) atoms. The summed E-state index contributed by atoms with van der Waals surface area (Å²) in [6.07, 6.45) is 12.1. The van der Waals surface area contributed by atoms with Gasteiger partial charge in [-0.15, -0.1) is 0 Å². The minimum Gasteiger partial charge on any atom is -0.297 e. The molecule has 2 aliphatic heterocycles. The monoisotopic (exact) mass is 179 g/mol. The number of hydrogen-bond acceptors (Lipinski definition) is 1. The fourth-order valence-corrected chi connectivity index (χ4v) is 3.93. The zero-order valence-electron chi connectivity index (χ0n) is 8.54. The van der Waals surface area contributed by atoms with Gasteiger partial charge in [-0.25, -0.2) is 0 Å². The molecular formula is C12H21N. The van der Waals surface area contributed by atoms with E-state index >= 15 is 0 Å². The Bertz CT molecular complexity index is 188. The van der Waals surface area contributed by atoms with Crippen LogP contribution in [0.1, 0.15) is 51.4 Å². The predicted molar refractivity (Wildman–Crippen MR) is 54.7 cm³/mol. The van der Waals surface area contributed by atoms with Crippen LogP contribution >= 0.6 is 0 Å². The minimum atomic E-state index is 0.994. The number of hydrogen-bond donors (Lipinski definition) is 0. The van der Waals surface area contributed by atoms with Gasteiger partial charge in [0.1, 0.15) is 0 Å². The molecule has 0 amide bonds. The van der Waals surface area contributed by atoms with E-state index in [1.165, 1.54) is 51.5 Å². The molecule has 3 atom stereocenters. The van der Waals surface area contributed by atoms with Gasteiger partial charge in [0, 0.05) is 12.1 Å². The molecule has 0 aromatic rings. The summed E-state index contributed by atoms with van der Waals surface area (Å²) in [4.78, 5) is 2.85. The smallest absolute Gasteiger partial charge is 0.0101 e. The Balaban J connectivity index is 1.79. The van der Waals surface area contributed by atoms with Crippen LogP contribution < -0.4 is 0 Å². The fraction of sp³-hybridized carbons (Fsp3) is 1.00. The van der Waals surface area contributed by atoms with E-state index < -0.39 is 0 Å². The van der Waals surface area contributed by atoms with Crippen molar-refractivity contribution in [3.05, 3.63) is 0 Å². The summed E-state index contributed by atoms with van der Waals surface area (Å²) in [7, 11) is 0. The lowest BCUT2D eigenvalue weighted by molar-refractivity contribution is 0.0881. The van der Waals surface area contributed by atoms with Crippen molar-refractivity contribution in [2.75, 3.05) is 6.54 Å². The second-order valence-corrected chi connectivity index (χ2v) is 5.31. The largest absolute Gasteiger partial charge is 0.297 e. The van der Waals surface area contributed by atoms with E-state index in [9.17, 15) is 0 Å². The second kappa shape index (κ2) is 3.27. The topological polar surface area (TPSA) is 3.24 Å². The summed E-state index contributed by atoms with van der Waals surface area (Å²) in [5, 5.41) is 0. The molecule has 1 heteroatoms. The van der Waals surface area contributed by atoms with Crippen molar-refractivity contribution in [3.63, 3.8) is 0 Å². The highest BCUT2D eigenvalue weighted by Crippen LogP contribution is 2.40. The van der Waals surface area contributed by atoms with E-state index in [2.05, 4.69) is 4.90 Å². The molecule has 2 saturated heterocycles. The Labute approximate surface area is 81.5 Å². The maximum Gasteiger partial charge on any atom is 0.0101 e. The first-order valence-electron chi connectivity index (χ1n) is 6.19. The van der Waals surface area contributed by atoms with E-state index in [0.717, 1.165) is 18.0 Å². The SMILES string of the molecule is C1CCC2CC(C1)CC1CCCN21. The Morgan fingerprint density at radius 1 is 0.769 bits per heavy atom. The van der Waals surface area contributed by atoms with Crippen LogP contribution in [0, 0.1) is 5.92 Å². The molecule has 2 bridgehead atoms. The van der Waals surface area contributed by atoms with Gasteiger partial charge < -0.3 is 0 Å². The number of rotatable bonds is 0. The van der Waals surface area contributed by atoms with Gasteiger partial charge in [-0.2, -0.15) is 0 Å². The molecule has 1 aliphatic carbocycles. The molecule has 3 fully saturated rings. The third-order valence-electron chi connectivity index (χ3n) is 4.50. The number of piperidine rings is 1. The van der Waals surface area contributed by atoms with Gasteiger partial charge in [0.15, 0.2) is 0 Å². The van der Waals surface area contributed by atoms with Crippen molar-refractivity contribution >= 4 is 0 Å². The Kier molecular flexibility index (Phi) is 2.08. The zero-order valence-corrected chi connectivity index (χ0v) is 8.54. The standard InChI is InChI=1S/C12H21N/c1-2-5-11-8-10(4-1)9-12-6-3-7-13(11)12/h10-12H,1-9H2. The van der Waals surface area contributed by atoms with E-state index in [1.54, 1.807) is 6.42 Å². The van der Waals surface area contributed by atoms with Gasteiger partial charge in [-0.05, 0) is 44.6 Å². The molecule has 0 radical (unpaired) electrons. The molecule has 3 aliphatic rings. The van der Waals surface area contributed by atoms with E-state index in [0.29, 0.717) is 0 Å². The summed E-state index contributed by atoms with van der Waals surface area (Å²) < 4.78 is 0. The van der Waals surface area contributed by atoms with Crippen molar-refractivity contribution < 1.29 is 0 Å². The average Bonchev–Trinajstić information content (AvgIpc) is 2.51. The van der Waals surface area contributed by atoms with Crippen molar-refractivity contribution in [1.82, 2.24) is 4.90 Å². The van der Waals surface area contributed by atoms with Crippen LogP contribution in [0.5, 0.6) is 0 Å². The van der Waals surface area contributed by atoms with Crippen LogP contribution in [0.15, 0.2) is 0 Å². The number of fused-ring (bicyclic) bond motifs is 4. The predicted octanol–water partition coefficient (Wildman–Crippen LogP) is 2.80. The first-order chi connectivity index (χ1) is 6.43. The Morgan fingerprint density at radius 2 is 1.46 bits per heavy atom. The molecule has 0 aromatic carbocycles. The molecule has 74 valence electrons. The van der Waals surface area contributed by atoms with Gasteiger partial charge in [0.05, 0.1) is 0 Å². The molecule has 2 heterocycles. The maximum absolute atomic E-state index is 2.85. The highest BCUT2D eigenvalue weighted by molar-refractivity contribution is 4.93. The summed E-state index contributed by atoms with van der Waals surface area (Å²) in [6.45, 7) is 1.42. The minimum absolute atomic E-state index is 0.994. The maximum atomic E-state index is 2.85. The quantitative estimate of drug-likeness (QED) is 0.552. The molecule has 3 rings (SSSR count). The Hall–Kier alpha value is -0.0400. The van der Waals surface area contributed by atoms with Gasteiger partial charge >= 0.3 is 0 Å². The molecule has 1 saturated carbocycles. The van der Waals surface area contributed by atoms with Crippen molar-refractivity contribution in [2.24, 2.45) is 5.92 Å². The molecule has 0 N–H and O–H groups in total. The lowest BCUT2D eigenvalue weighted by Crippen LogP contribution is -2.44. The van der Waals surface area contributed by atoms with Gasteiger partial charge in [0.2, 0.25) is 0 Å². The normalized spacial score (nSPS) is 45.7. The summed E-state index contributed by atoms with van der Waals surface area (Å²) in [6, 6.07) is 2.00. The third-order valence-corrected chi connectivity index (χ3v) is 4.50. The summed E-state index contributed by atoms with van der Waals surface area (Å²) in [5.74, 6) is 1.10. The fourth-order valence-electron chi connectivity index (χ4n) is 3.93. The zero-order chi connectivity index (χ0) is 8.67. The highest BCUT2D eigenvalue weighted by atomic mass is 15.2.